The average Bonchev–Trinajstić information content (AvgIpc) is 2.59. The molecule has 0 unspecified atom stereocenters. The van der Waals surface area contributed by atoms with E-state index >= 15 is 0 Å². The molecule has 2 aromatic rings. The lowest BCUT2D eigenvalue weighted by atomic mass is 9.95. The first-order valence-corrected chi connectivity index (χ1v) is 14.0. The largest absolute Gasteiger partial charge is 0.353 e. The first-order chi connectivity index (χ1) is 13.7. The Morgan fingerprint density at radius 1 is 0.562 bits per heavy atom. The molecule has 0 fully saturated rings. The van der Waals surface area contributed by atoms with Crippen LogP contribution >= 0.6 is 21.4 Å². The third-order valence-corrected chi connectivity index (χ3v) is 7.48. The molecule has 0 atom stereocenters. The molecule has 5 nitrogen and oxygen atoms in total. The first kappa shape index (κ1) is 33.1. The lowest BCUT2D eigenvalue weighted by molar-refractivity contribution is 0.501. The van der Waals surface area contributed by atoms with Crippen LogP contribution in [0.4, 0.5) is 0 Å². The van der Waals surface area contributed by atoms with Crippen molar-refractivity contribution in [2.45, 2.75) is 81.6 Å². The Morgan fingerprint density at radius 2 is 0.781 bits per heavy atom. The van der Waals surface area contributed by atoms with E-state index in [9.17, 15) is 8.42 Å². The van der Waals surface area contributed by atoms with Crippen LogP contribution in [0.1, 0.15) is 63.1 Å². The van der Waals surface area contributed by atoms with E-state index in [4.69, 9.17) is 23.7 Å². The van der Waals surface area contributed by atoms with Gasteiger partial charge in [0.05, 0.1) is 4.90 Å². The number of halogens is 2. The van der Waals surface area contributed by atoms with E-state index in [-0.39, 0.29) is 12.3 Å². The van der Waals surface area contributed by atoms with Crippen molar-refractivity contribution in [2.75, 3.05) is 0 Å². The molecule has 0 spiro atoms. The maximum Gasteiger partial charge on any atom is 0.353 e. The predicted molar refractivity (Wildman–Crippen MR) is 137 cm³/mol. The SMILES string of the molecule is C.Cc1c(C)c(C)c(S(=O)(=O)Cl)c(C)c1C.Cc1cc(C)c(C)c(C)c1C.O=S(=O)(O)Cl. The quantitative estimate of drug-likeness (QED) is 0.317. The van der Waals surface area contributed by atoms with Crippen molar-refractivity contribution in [1.82, 2.24) is 0 Å². The van der Waals surface area contributed by atoms with E-state index in [1.807, 2.05) is 20.8 Å². The van der Waals surface area contributed by atoms with Crippen LogP contribution in [0.3, 0.4) is 0 Å². The molecule has 0 aromatic heterocycles. The Balaban J connectivity index is 0. The Morgan fingerprint density at radius 3 is 1.03 bits per heavy atom. The zero-order valence-corrected chi connectivity index (χ0v) is 22.9. The zero-order chi connectivity index (χ0) is 25.1. The molecule has 0 amide bonds. The molecule has 1 N–H and O–H groups in total. The fourth-order valence-electron chi connectivity index (χ4n) is 3.25. The summed E-state index contributed by atoms with van der Waals surface area (Å²) in [5.41, 5.74) is 11.8. The highest BCUT2D eigenvalue weighted by Gasteiger charge is 2.21. The van der Waals surface area contributed by atoms with Crippen LogP contribution in [0.25, 0.3) is 0 Å². The first-order valence-electron chi connectivity index (χ1n) is 9.44. The molecule has 0 radical (unpaired) electrons. The fraction of sp³-hybridized carbons (Fsp3) is 0.478. The monoisotopic (exact) mass is 526 g/mol. The molecule has 0 saturated heterocycles. The minimum Gasteiger partial charge on any atom is -0.273 e. The Hall–Kier alpha value is -1.12. The standard InChI is InChI=1S/C11H15ClO2S.C11H16.CH4.ClHO3S/c1-6-7(2)9(4)11(15(12,13)14)10(5)8(6)3;1-7-6-8(2)10(4)11(5)9(7)3;;1-5(2,3)4/h1-5H3;6H,1-5H3;1H4;(H,2,3,4). The summed E-state index contributed by atoms with van der Waals surface area (Å²) >= 11 is 0. The van der Waals surface area contributed by atoms with Crippen molar-refractivity contribution in [3.05, 3.63) is 61.7 Å². The van der Waals surface area contributed by atoms with Gasteiger partial charge in [0.1, 0.15) is 0 Å². The van der Waals surface area contributed by atoms with Gasteiger partial charge in [-0.05, 0) is 125 Å². The van der Waals surface area contributed by atoms with Gasteiger partial charge in [-0.2, -0.15) is 8.42 Å². The normalized spacial score (nSPS) is 10.9. The minimum absolute atomic E-state index is 0. The smallest absolute Gasteiger partial charge is 0.273 e. The number of hydrogen-bond donors (Lipinski definition) is 1. The number of rotatable bonds is 1. The van der Waals surface area contributed by atoms with Crippen molar-refractivity contribution in [3.8, 4) is 0 Å². The molecule has 32 heavy (non-hydrogen) atoms. The summed E-state index contributed by atoms with van der Waals surface area (Å²) in [7, 11) is 1.65. The molecular formula is C23H36Cl2O5S2. The van der Waals surface area contributed by atoms with Crippen LogP contribution in [0, 0.1) is 69.2 Å². The number of aryl methyl sites for hydroxylation is 2. The van der Waals surface area contributed by atoms with Gasteiger partial charge in [0, 0.05) is 21.4 Å². The van der Waals surface area contributed by atoms with Crippen molar-refractivity contribution >= 4 is 39.7 Å². The van der Waals surface area contributed by atoms with Gasteiger partial charge >= 0.3 is 9.33 Å². The molecule has 2 aromatic carbocycles. The van der Waals surface area contributed by atoms with E-state index in [1.54, 1.807) is 13.8 Å². The van der Waals surface area contributed by atoms with Gasteiger partial charge in [-0.25, -0.2) is 8.42 Å². The van der Waals surface area contributed by atoms with Gasteiger partial charge < -0.3 is 0 Å². The second-order valence-corrected chi connectivity index (χ2v) is 12.2. The number of benzene rings is 2. The summed E-state index contributed by atoms with van der Waals surface area (Å²) in [6.45, 7) is 20.4. The highest BCUT2D eigenvalue weighted by Crippen LogP contribution is 2.31. The maximum atomic E-state index is 11.5. The third kappa shape index (κ3) is 9.40. The predicted octanol–water partition coefficient (Wildman–Crippen LogP) is 7.05. The summed E-state index contributed by atoms with van der Waals surface area (Å²) in [5, 5.41) is 0. The summed E-state index contributed by atoms with van der Waals surface area (Å²) in [6, 6.07) is 2.26. The molecule has 0 bridgehead atoms. The Labute approximate surface area is 203 Å². The van der Waals surface area contributed by atoms with Crippen molar-refractivity contribution < 1.29 is 21.4 Å². The van der Waals surface area contributed by atoms with Crippen LogP contribution in [0.15, 0.2) is 11.0 Å². The summed E-state index contributed by atoms with van der Waals surface area (Å²) in [5.74, 6) is 0. The van der Waals surface area contributed by atoms with Gasteiger partial charge in [0.15, 0.2) is 0 Å². The second kappa shape index (κ2) is 12.4. The van der Waals surface area contributed by atoms with E-state index in [0.29, 0.717) is 0 Å². The van der Waals surface area contributed by atoms with Gasteiger partial charge in [-0.1, -0.05) is 13.5 Å². The average molecular weight is 528 g/mol. The van der Waals surface area contributed by atoms with Gasteiger partial charge in [0.2, 0.25) is 0 Å². The van der Waals surface area contributed by atoms with Gasteiger partial charge in [-0.15, -0.1) is 0 Å². The molecule has 9 heteroatoms. The van der Waals surface area contributed by atoms with Crippen LogP contribution < -0.4 is 0 Å². The topological polar surface area (TPSA) is 88.5 Å². The summed E-state index contributed by atoms with van der Waals surface area (Å²) < 4.78 is 48.1. The number of hydrogen-bond acceptors (Lipinski definition) is 4. The molecular weight excluding hydrogens is 491 g/mol. The van der Waals surface area contributed by atoms with Crippen molar-refractivity contribution in [3.63, 3.8) is 0 Å². The lowest BCUT2D eigenvalue weighted by Gasteiger charge is -2.16. The minimum atomic E-state index is -4.19. The summed E-state index contributed by atoms with van der Waals surface area (Å²) in [6.07, 6.45) is 0. The molecule has 2 rings (SSSR count). The van der Waals surface area contributed by atoms with Crippen LogP contribution in [0.2, 0.25) is 0 Å². The van der Waals surface area contributed by atoms with E-state index in [1.165, 1.54) is 27.8 Å². The zero-order valence-electron chi connectivity index (χ0n) is 19.7. The molecule has 0 aliphatic rings. The lowest BCUT2D eigenvalue weighted by Crippen LogP contribution is -2.05. The maximum absolute atomic E-state index is 11.5. The highest BCUT2D eigenvalue weighted by molar-refractivity contribution is 8.13. The van der Waals surface area contributed by atoms with Crippen molar-refractivity contribution in [1.29, 1.82) is 0 Å². The van der Waals surface area contributed by atoms with E-state index in [2.05, 4.69) is 51.4 Å². The fourth-order valence-corrected chi connectivity index (χ4v) is 4.98. The molecule has 0 aliphatic carbocycles. The van der Waals surface area contributed by atoms with Crippen LogP contribution in [0.5, 0.6) is 0 Å². The molecule has 0 heterocycles. The highest BCUT2D eigenvalue weighted by atomic mass is 35.7. The second-order valence-electron chi connectivity index (χ2n) is 7.69. The van der Waals surface area contributed by atoms with E-state index < -0.39 is 18.4 Å². The van der Waals surface area contributed by atoms with Gasteiger partial charge in [-0.3, -0.25) is 4.55 Å². The Bertz CT molecular complexity index is 1120. The van der Waals surface area contributed by atoms with Gasteiger partial charge in [0.25, 0.3) is 9.05 Å². The molecule has 0 aliphatic heterocycles. The van der Waals surface area contributed by atoms with Crippen LogP contribution in [-0.4, -0.2) is 21.4 Å². The molecule has 184 valence electrons. The van der Waals surface area contributed by atoms with Crippen molar-refractivity contribution in [2.24, 2.45) is 0 Å². The summed E-state index contributed by atoms with van der Waals surface area (Å²) in [4.78, 5) is 0.268. The third-order valence-electron chi connectivity index (χ3n) is 5.92. The van der Waals surface area contributed by atoms with Crippen LogP contribution in [-0.2, 0) is 18.4 Å². The molecule has 0 saturated carbocycles. The van der Waals surface area contributed by atoms with E-state index in [0.717, 1.165) is 27.8 Å². The Kier molecular flexibility index (Phi) is 12.8.